The van der Waals surface area contributed by atoms with Crippen LogP contribution < -0.4 is 0 Å². The molecule has 174 valence electrons. The lowest BCUT2D eigenvalue weighted by atomic mass is 9.88. The Morgan fingerprint density at radius 3 is 2.58 bits per heavy atom. The molecule has 8 heteroatoms. The van der Waals surface area contributed by atoms with Crippen LogP contribution in [0.25, 0.3) is 11.0 Å². The number of aliphatic carboxylic acids is 1. The predicted octanol–water partition coefficient (Wildman–Crippen LogP) is 4.87. The number of carboxylic acids is 1. The van der Waals surface area contributed by atoms with E-state index in [0.717, 1.165) is 53.5 Å². The van der Waals surface area contributed by atoms with Crippen LogP contribution in [-0.2, 0) is 22.7 Å². The Labute approximate surface area is 190 Å². The number of aromatic nitrogens is 2. The molecule has 0 atom stereocenters. The van der Waals surface area contributed by atoms with E-state index in [1.807, 2.05) is 24.3 Å². The highest BCUT2D eigenvalue weighted by Gasteiger charge is 2.24. The second-order valence-corrected chi connectivity index (χ2v) is 8.55. The summed E-state index contributed by atoms with van der Waals surface area (Å²) in [7, 11) is 0. The number of hydrogen-bond donors (Lipinski definition) is 1. The first-order chi connectivity index (χ1) is 15.9. The summed E-state index contributed by atoms with van der Waals surface area (Å²) in [5.41, 5.74) is 1.75. The fourth-order valence-electron chi connectivity index (χ4n) is 4.64. The van der Waals surface area contributed by atoms with Crippen LogP contribution in [0.15, 0.2) is 42.5 Å². The average Bonchev–Trinajstić information content (AvgIpc) is 3.19. The standard InChI is InChI=1S/C25H27F2N3O3/c26-19-10-6-9-18(24(19)27)15-29(16-23(32)33)22(31)13-14-30-21-12-5-4-11-20(21)28-25(30)17-7-2-1-3-8-17/h4-6,9-12,17H,1-3,7-8,13-16H2,(H,32,33). The monoisotopic (exact) mass is 455 g/mol. The van der Waals surface area contributed by atoms with E-state index in [-0.39, 0.29) is 18.5 Å². The Morgan fingerprint density at radius 2 is 1.82 bits per heavy atom. The third-order valence-corrected chi connectivity index (χ3v) is 6.28. The maximum Gasteiger partial charge on any atom is 0.323 e. The number of carbonyl (C=O) groups excluding carboxylic acids is 1. The SMILES string of the molecule is O=C(O)CN(Cc1cccc(F)c1F)C(=O)CCn1c(C2CCCCC2)nc2ccccc21. The molecule has 1 N–H and O–H groups in total. The lowest BCUT2D eigenvalue weighted by molar-refractivity contribution is -0.145. The fraction of sp³-hybridized carbons (Fsp3) is 0.400. The van der Waals surface area contributed by atoms with Gasteiger partial charge in [-0.05, 0) is 31.0 Å². The van der Waals surface area contributed by atoms with Crippen molar-refractivity contribution in [3.63, 3.8) is 0 Å². The van der Waals surface area contributed by atoms with Crippen LogP contribution in [0.2, 0.25) is 0 Å². The summed E-state index contributed by atoms with van der Waals surface area (Å²) in [5, 5.41) is 9.27. The van der Waals surface area contributed by atoms with Crippen LogP contribution in [0.1, 0.15) is 55.8 Å². The van der Waals surface area contributed by atoms with Crippen LogP contribution in [0.3, 0.4) is 0 Å². The van der Waals surface area contributed by atoms with Gasteiger partial charge in [0.2, 0.25) is 5.91 Å². The van der Waals surface area contributed by atoms with Gasteiger partial charge in [-0.25, -0.2) is 13.8 Å². The Balaban J connectivity index is 1.55. The molecular formula is C25H27F2N3O3. The first kappa shape index (κ1) is 22.9. The van der Waals surface area contributed by atoms with Gasteiger partial charge in [-0.2, -0.15) is 0 Å². The molecule has 1 fully saturated rings. The van der Waals surface area contributed by atoms with Crippen molar-refractivity contribution in [2.24, 2.45) is 0 Å². The number of carbonyl (C=O) groups is 2. The van der Waals surface area contributed by atoms with Gasteiger partial charge >= 0.3 is 5.97 Å². The number of para-hydroxylation sites is 2. The van der Waals surface area contributed by atoms with Crippen molar-refractivity contribution in [2.75, 3.05) is 6.54 Å². The Kier molecular flexibility index (Phi) is 7.01. The number of rotatable bonds is 8. The molecule has 1 aliphatic carbocycles. The zero-order chi connectivity index (χ0) is 23.4. The van der Waals surface area contributed by atoms with Crippen molar-refractivity contribution in [1.29, 1.82) is 0 Å². The number of fused-ring (bicyclic) bond motifs is 1. The van der Waals surface area contributed by atoms with Crippen molar-refractivity contribution in [2.45, 2.75) is 57.5 Å². The molecule has 4 rings (SSSR count). The smallest absolute Gasteiger partial charge is 0.323 e. The summed E-state index contributed by atoms with van der Waals surface area (Å²) >= 11 is 0. The largest absolute Gasteiger partial charge is 0.480 e. The Morgan fingerprint density at radius 1 is 1.06 bits per heavy atom. The van der Waals surface area contributed by atoms with Gasteiger partial charge < -0.3 is 14.6 Å². The number of halogens is 2. The molecular weight excluding hydrogens is 428 g/mol. The topological polar surface area (TPSA) is 75.4 Å². The molecule has 1 saturated carbocycles. The third kappa shape index (κ3) is 5.21. The molecule has 3 aromatic rings. The first-order valence-corrected chi connectivity index (χ1v) is 11.3. The molecule has 1 aromatic heterocycles. The van der Waals surface area contributed by atoms with E-state index in [9.17, 15) is 23.5 Å². The average molecular weight is 456 g/mol. The number of amides is 1. The van der Waals surface area contributed by atoms with Crippen molar-refractivity contribution in [3.8, 4) is 0 Å². The zero-order valence-electron chi connectivity index (χ0n) is 18.3. The molecule has 1 amide bonds. The highest BCUT2D eigenvalue weighted by molar-refractivity contribution is 5.82. The maximum absolute atomic E-state index is 14.1. The lowest BCUT2D eigenvalue weighted by Crippen LogP contribution is -2.36. The molecule has 0 bridgehead atoms. The molecule has 6 nitrogen and oxygen atoms in total. The quantitative estimate of drug-likeness (QED) is 0.526. The number of benzene rings is 2. The normalized spacial score (nSPS) is 14.5. The summed E-state index contributed by atoms with van der Waals surface area (Å²) in [4.78, 5) is 30.3. The second-order valence-electron chi connectivity index (χ2n) is 8.55. The molecule has 0 saturated heterocycles. The van der Waals surface area contributed by atoms with Gasteiger partial charge in [0.1, 0.15) is 12.4 Å². The number of imidazole rings is 1. The van der Waals surface area contributed by atoms with Crippen LogP contribution in [0.5, 0.6) is 0 Å². The summed E-state index contributed by atoms with van der Waals surface area (Å²) in [6, 6.07) is 11.4. The number of hydrogen-bond acceptors (Lipinski definition) is 3. The fourth-order valence-corrected chi connectivity index (χ4v) is 4.64. The highest BCUT2D eigenvalue weighted by atomic mass is 19.2. The van der Waals surface area contributed by atoms with Crippen LogP contribution in [0, 0.1) is 11.6 Å². The van der Waals surface area contributed by atoms with Gasteiger partial charge in [-0.1, -0.05) is 43.5 Å². The van der Waals surface area contributed by atoms with Gasteiger partial charge in [0.25, 0.3) is 0 Å². The van der Waals surface area contributed by atoms with Crippen LogP contribution >= 0.6 is 0 Å². The van der Waals surface area contributed by atoms with Gasteiger partial charge in [0.05, 0.1) is 11.0 Å². The summed E-state index contributed by atoms with van der Waals surface area (Å²) in [6.45, 7) is -0.559. The zero-order valence-corrected chi connectivity index (χ0v) is 18.3. The summed E-state index contributed by atoms with van der Waals surface area (Å²) < 4.78 is 29.8. The van der Waals surface area contributed by atoms with Crippen molar-refractivity contribution in [3.05, 3.63) is 65.5 Å². The molecule has 1 heterocycles. The molecule has 1 aliphatic rings. The highest BCUT2D eigenvalue weighted by Crippen LogP contribution is 2.34. The number of nitrogens with zero attached hydrogens (tertiary/aromatic N) is 3. The van der Waals surface area contributed by atoms with Crippen molar-refractivity contribution >= 4 is 22.9 Å². The molecule has 0 unspecified atom stereocenters. The van der Waals surface area contributed by atoms with E-state index in [2.05, 4.69) is 4.57 Å². The minimum atomic E-state index is -1.21. The molecule has 0 spiro atoms. The van der Waals surface area contributed by atoms with Crippen LogP contribution in [0.4, 0.5) is 8.78 Å². The second kappa shape index (κ2) is 10.1. The van der Waals surface area contributed by atoms with Gasteiger partial charge in [0, 0.05) is 31.0 Å². The Bertz CT molecular complexity index is 1160. The van der Waals surface area contributed by atoms with E-state index in [1.165, 1.54) is 18.6 Å². The third-order valence-electron chi connectivity index (χ3n) is 6.28. The first-order valence-electron chi connectivity index (χ1n) is 11.3. The minimum absolute atomic E-state index is 0.0320. The number of carboxylic acid groups (broad SMARTS) is 1. The molecule has 0 radical (unpaired) electrons. The van der Waals surface area contributed by atoms with Gasteiger partial charge in [0.15, 0.2) is 11.6 Å². The van der Waals surface area contributed by atoms with E-state index in [4.69, 9.17) is 4.98 Å². The summed E-state index contributed by atoms with van der Waals surface area (Å²) in [6.07, 6.45) is 5.67. The summed E-state index contributed by atoms with van der Waals surface area (Å²) in [5.74, 6) is -2.45. The lowest BCUT2D eigenvalue weighted by Gasteiger charge is -2.24. The minimum Gasteiger partial charge on any atom is -0.480 e. The van der Waals surface area contributed by atoms with E-state index in [0.29, 0.717) is 12.5 Å². The van der Waals surface area contributed by atoms with Crippen molar-refractivity contribution < 1.29 is 23.5 Å². The van der Waals surface area contributed by atoms with E-state index < -0.39 is 30.1 Å². The van der Waals surface area contributed by atoms with E-state index in [1.54, 1.807) is 0 Å². The van der Waals surface area contributed by atoms with Crippen molar-refractivity contribution in [1.82, 2.24) is 14.5 Å². The maximum atomic E-state index is 14.1. The predicted molar refractivity (Wildman–Crippen MR) is 120 cm³/mol. The molecule has 33 heavy (non-hydrogen) atoms. The molecule has 2 aromatic carbocycles. The Hall–Kier alpha value is -3.29. The van der Waals surface area contributed by atoms with Crippen LogP contribution in [-0.4, -0.2) is 38.0 Å². The van der Waals surface area contributed by atoms with Gasteiger partial charge in [-0.15, -0.1) is 0 Å². The van der Waals surface area contributed by atoms with E-state index >= 15 is 0 Å². The van der Waals surface area contributed by atoms with Gasteiger partial charge in [-0.3, -0.25) is 9.59 Å². The number of aryl methyl sites for hydroxylation is 1. The molecule has 0 aliphatic heterocycles.